The number of rotatable bonds is 7. The lowest BCUT2D eigenvalue weighted by Gasteiger charge is -2.17. The summed E-state index contributed by atoms with van der Waals surface area (Å²) in [4.78, 5) is 9.00. The molecule has 0 bridgehead atoms. The Morgan fingerprint density at radius 3 is 2.86 bits per heavy atom. The SMILES string of the molecule is CCCCOc1nc(C2CCCO2)nc(NC(C)C)c1N. The third-order valence-corrected chi connectivity index (χ3v) is 3.31. The number of hydrogen-bond donors (Lipinski definition) is 2. The first-order valence-electron chi connectivity index (χ1n) is 7.80. The normalized spacial score (nSPS) is 18.2. The maximum Gasteiger partial charge on any atom is 0.242 e. The second kappa shape index (κ2) is 7.45. The zero-order chi connectivity index (χ0) is 15.2. The molecule has 1 atom stereocenters. The van der Waals surface area contributed by atoms with E-state index in [0.29, 0.717) is 29.8 Å². The highest BCUT2D eigenvalue weighted by atomic mass is 16.5. The van der Waals surface area contributed by atoms with Gasteiger partial charge in [-0.3, -0.25) is 0 Å². The summed E-state index contributed by atoms with van der Waals surface area (Å²) in [5, 5.41) is 3.26. The van der Waals surface area contributed by atoms with Crippen molar-refractivity contribution in [3.63, 3.8) is 0 Å². The van der Waals surface area contributed by atoms with Crippen LogP contribution >= 0.6 is 0 Å². The van der Waals surface area contributed by atoms with E-state index in [1.54, 1.807) is 0 Å². The molecule has 1 fully saturated rings. The molecule has 0 saturated carbocycles. The zero-order valence-electron chi connectivity index (χ0n) is 13.2. The van der Waals surface area contributed by atoms with E-state index in [1.807, 2.05) is 13.8 Å². The Balaban J connectivity index is 2.25. The van der Waals surface area contributed by atoms with Crippen molar-refractivity contribution in [1.82, 2.24) is 9.97 Å². The molecule has 1 aliphatic rings. The predicted octanol–water partition coefficient (Wildman–Crippen LogP) is 2.91. The molecule has 0 amide bonds. The second-order valence-corrected chi connectivity index (χ2v) is 5.65. The van der Waals surface area contributed by atoms with Crippen LogP contribution in [0.2, 0.25) is 0 Å². The molecule has 6 heteroatoms. The lowest BCUT2D eigenvalue weighted by molar-refractivity contribution is 0.104. The van der Waals surface area contributed by atoms with Crippen LogP contribution in [0.5, 0.6) is 5.88 Å². The molecule has 1 aromatic heterocycles. The Labute approximate surface area is 126 Å². The van der Waals surface area contributed by atoms with E-state index in [1.165, 1.54) is 0 Å². The molecule has 2 heterocycles. The molecule has 6 nitrogen and oxygen atoms in total. The number of anilines is 2. The van der Waals surface area contributed by atoms with Crippen LogP contribution in [0.15, 0.2) is 0 Å². The number of ether oxygens (including phenoxy) is 2. The van der Waals surface area contributed by atoms with Gasteiger partial charge in [0.2, 0.25) is 5.88 Å². The van der Waals surface area contributed by atoms with Gasteiger partial charge in [-0.15, -0.1) is 0 Å². The van der Waals surface area contributed by atoms with Crippen LogP contribution in [-0.2, 0) is 4.74 Å². The number of aromatic nitrogens is 2. The maximum absolute atomic E-state index is 6.13. The van der Waals surface area contributed by atoms with E-state index >= 15 is 0 Å². The molecular formula is C15H26N4O2. The van der Waals surface area contributed by atoms with Crippen molar-refractivity contribution in [2.75, 3.05) is 24.3 Å². The third kappa shape index (κ3) is 4.20. The summed E-state index contributed by atoms with van der Waals surface area (Å²) in [6.07, 6.45) is 3.98. The van der Waals surface area contributed by atoms with Crippen LogP contribution < -0.4 is 15.8 Å². The van der Waals surface area contributed by atoms with Gasteiger partial charge in [0, 0.05) is 12.6 Å². The van der Waals surface area contributed by atoms with Crippen molar-refractivity contribution in [2.24, 2.45) is 0 Å². The minimum atomic E-state index is -0.0492. The van der Waals surface area contributed by atoms with Gasteiger partial charge in [0.05, 0.1) is 6.61 Å². The lowest BCUT2D eigenvalue weighted by atomic mass is 10.2. The smallest absolute Gasteiger partial charge is 0.242 e. The molecule has 3 N–H and O–H groups in total. The number of unbranched alkanes of at least 4 members (excludes halogenated alkanes) is 1. The lowest BCUT2D eigenvalue weighted by Crippen LogP contribution is -2.17. The number of nitrogens with zero attached hydrogens (tertiary/aromatic N) is 2. The van der Waals surface area contributed by atoms with Crippen molar-refractivity contribution >= 4 is 11.5 Å². The van der Waals surface area contributed by atoms with Crippen molar-refractivity contribution < 1.29 is 9.47 Å². The average Bonchev–Trinajstić information content (AvgIpc) is 2.96. The standard InChI is InChI=1S/C15H26N4O2/c1-4-5-8-21-15-12(16)14(17-10(2)3)18-13(19-15)11-7-6-9-20-11/h10-11H,4-9,16H2,1-3H3,(H,17,18,19). The first kappa shape index (κ1) is 15.8. The number of hydrogen-bond acceptors (Lipinski definition) is 6. The van der Waals surface area contributed by atoms with Crippen LogP contribution in [0.4, 0.5) is 11.5 Å². The number of nitrogens with one attached hydrogen (secondary N) is 1. The van der Waals surface area contributed by atoms with Gasteiger partial charge < -0.3 is 20.5 Å². The molecular weight excluding hydrogens is 268 g/mol. The van der Waals surface area contributed by atoms with Gasteiger partial charge in [-0.2, -0.15) is 4.98 Å². The maximum atomic E-state index is 6.13. The van der Waals surface area contributed by atoms with Crippen molar-refractivity contribution in [3.8, 4) is 5.88 Å². The van der Waals surface area contributed by atoms with Crippen molar-refractivity contribution in [3.05, 3.63) is 5.82 Å². The van der Waals surface area contributed by atoms with E-state index in [2.05, 4.69) is 22.2 Å². The molecule has 0 aliphatic carbocycles. The predicted molar refractivity (Wildman–Crippen MR) is 83.5 cm³/mol. The summed E-state index contributed by atoms with van der Waals surface area (Å²) in [6, 6.07) is 0.239. The first-order valence-corrected chi connectivity index (χ1v) is 7.80. The molecule has 1 aliphatic heterocycles. The monoisotopic (exact) mass is 294 g/mol. The molecule has 0 aromatic carbocycles. The quantitative estimate of drug-likeness (QED) is 0.752. The fourth-order valence-corrected chi connectivity index (χ4v) is 2.20. The first-order chi connectivity index (χ1) is 10.1. The van der Waals surface area contributed by atoms with Crippen molar-refractivity contribution in [1.29, 1.82) is 0 Å². The van der Waals surface area contributed by atoms with Gasteiger partial charge in [0.15, 0.2) is 11.6 Å². The molecule has 2 rings (SSSR count). The zero-order valence-corrected chi connectivity index (χ0v) is 13.2. The van der Waals surface area contributed by atoms with Gasteiger partial charge in [-0.25, -0.2) is 4.98 Å². The minimum absolute atomic E-state index is 0.0492. The molecule has 0 spiro atoms. The van der Waals surface area contributed by atoms with Gasteiger partial charge in [0.1, 0.15) is 11.8 Å². The Morgan fingerprint density at radius 2 is 2.24 bits per heavy atom. The fraction of sp³-hybridized carbons (Fsp3) is 0.733. The van der Waals surface area contributed by atoms with E-state index in [4.69, 9.17) is 15.2 Å². The molecule has 1 unspecified atom stereocenters. The van der Waals surface area contributed by atoms with E-state index < -0.39 is 0 Å². The summed E-state index contributed by atoms with van der Waals surface area (Å²) >= 11 is 0. The van der Waals surface area contributed by atoms with Crippen LogP contribution in [0.3, 0.4) is 0 Å². The van der Waals surface area contributed by atoms with Crippen molar-refractivity contribution in [2.45, 2.75) is 58.6 Å². The highest BCUT2D eigenvalue weighted by Crippen LogP contribution is 2.32. The Morgan fingerprint density at radius 1 is 1.43 bits per heavy atom. The summed E-state index contributed by atoms with van der Waals surface area (Å²) in [5.74, 6) is 1.76. The Kier molecular flexibility index (Phi) is 5.61. The number of nitrogen functional groups attached to an aromatic ring is 1. The van der Waals surface area contributed by atoms with Crippen LogP contribution in [0.1, 0.15) is 58.4 Å². The van der Waals surface area contributed by atoms with Crippen LogP contribution in [0.25, 0.3) is 0 Å². The largest absolute Gasteiger partial charge is 0.476 e. The summed E-state index contributed by atoms with van der Waals surface area (Å²) in [6.45, 7) is 7.59. The summed E-state index contributed by atoms with van der Waals surface area (Å²) in [5.41, 5.74) is 6.60. The van der Waals surface area contributed by atoms with Gasteiger partial charge in [-0.05, 0) is 33.1 Å². The molecule has 1 aromatic rings. The fourth-order valence-electron chi connectivity index (χ4n) is 2.20. The van der Waals surface area contributed by atoms with Crippen LogP contribution in [-0.4, -0.2) is 29.2 Å². The van der Waals surface area contributed by atoms with Crippen LogP contribution in [0, 0.1) is 0 Å². The highest BCUT2D eigenvalue weighted by molar-refractivity contribution is 5.67. The third-order valence-electron chi connectivity index (χ3n) is 3.31. The summed E-state index contributed by atoms with van der Waals surface area (Å²) in [7, 11) is 0. The molecule has 0 radical (unpaired) electrons. The minimum Gasteiger partial charge on any atom is -0.476 e. The molecule has 21 heavy (non-hydrogen) atoms. The average molecular weight is 294 g/mol. The molecule has 118 valence electrons. The Hall–Kier alpha value is -1.56. The number of nitrogens with two attached hydrogens (primary N) is 1. The second-order valence-electron chi connectivity index (χ2n) is 5.65. The van der Waals surface area contributed by atoms with Gasteiger partial charge in [0.25, 0.3) is 0 Å². The van der Waals surface area contributed by atoms with Gasteiger partial charge >= 0.3 is 0 Å². The Bertz CT molecular complexity index is 459. The topological polar surface area (TPSA) is 82.3 Å². The van der Waals surface area contributed by atoms with E-state index in [9.17, 15) is 0 Å². The molecule has 1 saturated heterocycles. The summed E-state index contributed by atoms with van der Waals surface area (Å²) < 4.78 is 11.4. The highest BCUT2D eigenvalue weighted by Gasteiger charge is 2.24. The van der Waals surface area contributed by atoms with E-state index in [-0.39, 0.29) is 12.1 Å². The van der Waals surface area contributed by atoms with Gasteiger partial charge in [-0.1, -0.05) is 13.3 Å². The van der Waals surface area contributed by atoms with E-state index in [0.717, 1.165) is 32.3 Å².